The summed E-state index contributed by atoms with van der Waals surface area (Å²) in [5.74, 6) is -0.220. The van der Waals surface area contributed by atoms with Crippen molar-refractivity contribution in [3.63, 3.8) is 0 Å². The Labute approximate surface area is 180 Å². The van der Waals surface area contributed by atoms with Crippen molar-refractivity contribution < 1.29 is 9.59 Å². The molecular formula is C27H20N2O2. The molecule has 0 fully saturated rings. The minimum Gasteiger partial charge on any atom is -0.348 e. The van der Waals surface area contributed by atoms with Crippen LogP contribution < -0.4 is 5.32 Å². The standard InChI is InChI=1S/C27H20N2O2/c1-17-14-20(12-13-28-17)19-8-6-18(7-9-19)16-29-27(31)21-10-11-23-22-4-2-3-5-24(22)26(30)25(23)15-21/h2-15H,16H2,1H3,(H,29,31). The van der Waals surface area contributed by atoms with Crippen LogP contribution in [-0.4, -0.2) is 16.7 Å². The average Bonchev–Trinajstić information content (AvgIpc) is 3.09. The number of amides is 1. The molecule has 4 aromatic rings. The third-order valence-electron chi connectivity index (χ3n) is 5.63. The number of fused-ring (bicyclic) bond motifs is 3. The first kappa shape index (κ1) is 18.9. The Hall–Kier alpha value is -4.05. The summed E-state index contributed by atoms with van der Waals surface area (Å²) in [5.41, 5.74) is 7.80. The van der Waals surface area contributed by atoms with Gasteiger partial charge in [-0.3, -0.25) is 14.6 Å². The van der Waals surface area contributed by atoms with Gasteiger partial charge in [-0.2, -0.15) is 0 Å². The van der Waals surface area contributed by atoms with Crippen LogP contribution in [0.5, 0.6) is 0 Å². The van der Waals surface area contributed by atoms with Crippen molar-refractivity contribution in [1.29, 1.82) is 0 Å². The van der Waals surface area contributed by atoms with E-state index in [0.717, 1.165) is 33.5 Å². The normalized spacial score (nSPS) is 11.7. The molecule has 0 atom stereocenters. The van der Waals surface area contributed by atoms with Gasteiger partial charge in [-0.05, 0) is 59.0 Å². The van der Waals surface area contributed by atoms with Crippen molar-refractivity contribution in [3.05, 3.63) is 113 Å². The lowest BCUT2D eigenvalue weighted by molar-refractivity contribution is 0.0951. The molecule has 1 N–H and O–H groups in total. The number of nitrogens with one attached hydrogen (secondary N) is 1. The molecule has 0 saturated heterocycles. The SMILES string of the molecule is Cc1cc(-c2ccc(CNC(=O)c3ccc4c(c3)C(=O)c3ccccc3-4)cc2)ccn1. The van der Waals surface area contributed by atoms with Crippen LogP contribution in [0.25, 0.3) is 22.3 Å². The third-order valence-corrected chi connectivity index (χ3v) is 5.63. The fraction of sp³-hybridized carbons (Fsp3) is 0.0741. The number of rotatable bonds is 4. The number of carbonyl (C=O) groups is 2. The van der Waals surface area contributed by atoms with E-state index in [4.69, 9.17) is 0 Å². The molecule has 5 rings (SSSR count). The zero-order valence-electron chi connectivity index (χ0n) is 17.1. The second-order valence-electron chi connectivity index (χ2n) is 7.70. The number of hydrogen-bond donors (Lipinski definition) is 1. The highest BCUT2D eigenvalue weighted by atomic mass is 16.1. The van der Waals surface area contributed by atoms with Crippen LogP contribution >= 0.6 is 0 Å². The van der Waals surface area contributed by atoms with Crippen LogP contribution in [0.3, 0.4) is 0 Å². The quantitative estimate of drug-likeness (QED) is 0.448. The second kappa shape index (κ2) is 7.65. The van der Waals surface area contributed by atoms with Gasteiger partial charge in [-0.25, -0.2) is 0 Å². The minimum atomic E-state index is -0.194. The molecule has 0 bridgehead atoms. The summed E-state index contributed by atoms with van der Waals surface area (Å²) in [6.07, 6.45) is 1.80. The van der Waals surface area contributed by atoms with Crippen LogP contribution in [0.4, 0.5) is 0 Å². The summed E-state index contributed by atoms with van der Waals surface area (Å²) in [5, 5.41) is 2.95. The Morgan fingerprint density at radius 3 is 2.32 bits per heavy atom. The summed E-state index contributed by atoms with van der Waals surface area (Å²) < 4.78 is 0. The molecule has 150 valence electrons. The molecule has 0 radical (unpaired) electrons. The predicted molar refractivity (Wildman–Crippen MR) is 121 cm³/mol. The van der Waals surface area contributed by atoms with Gasteiger partial charge in [0.25, 0.3) is 5.91 Å². The first-order valence-electron chi connectivity index (χ1n) is 10.2. The number of aryl methyl sites for hydroxylation is 1. The second-order valence-corrected chi connectivity index (χ2v) is 7.70. The van der Waals surface area contributed by atoms with Gasteiger partial charge in [0.2, 0.25) is 0 Å². The highest BCUT2D eigenvalue weighted by molar-refractivity contribution is 6.22. The zero-order chi connectivity index (χ0) is 21.4. The first-order valence-corrected chi connectivity index (χ1v) is 10.2. The summed E-state index contributed by atoms with van der Waals surface area (Å²) in [6, 6.07) is 25.0. The van der Waals surface area contributed by atoms with E-state index in [9.17, 15) is 9.59 Å². The fourth-order valence-corrected chi connectivity index (χ4v) is 3.99. The van der Waals surface area contributed by atoms with Crippen LogP contribution in [0, 0.1) is 6.92 Å². The molecular weight excluding hydrogens is 384 g/mol. The number of ketones is 1. The largest absolute Gasteiger partial charge is 0.348 e. The van der Waals surface area contributed by atoms with Gasteiger partial charge in [0, 0.05) is 35.1 Å². The molecule has 1 amide bonds. The zero-order valence-corrected chi connectivity index (χ0v) is 17.1. The van der Waals surface area contributed by atoms with Crippen LogP contribution in [0.15, 0.2) is 85.1 Å². The summed E-state index contributed by atoms with van der Waals surface area (Å²) in [7, 11) is 0. The maximum atomic E-state index is 12.7. The average molecular weight is 404 g/mol. The number of benzene rings is 3. The van der Waals surface area contributed by atoms with E-state index in [-0.39, 0.29) is 11.7 Å². The Balaban J connectivity index is 1.29. The van der Waals surface area contributed by atoms with Crippen LogP contribution in [-0.2, 0) is 6.54 Å². The maximum Gasteiger partial charge on any atom is 0.251 e. The Bertz CT molecular complexity index is 1320. The van der Waals surface area contributed by atoms with Crippen LogP contribution in [0.1, 0.15) is 37.5 Å². The molecule has 0 saturated carbocycles. The van der Waals surface area contributed by atoms with E-state index in [1.807, 2.05) is 73.7 Å². The van der Waals surface area contributed by atoms with Gasteiger partial charge in [-0.1, -0.05) is 54.6 Å². The molecule has 31 heavy (non-hydrogen) atoms. The van der Waals surface area contributed by atoms with Gasteiger partial charge >= 0.3 is 0 Å². The number of pyridine rings is 1. The molecule has 1 aromatic heterocycles. The molecule has 0 aliphatic heterocycles. The number of hydrogen-bond acceptors (Lipinski definition) is 3. The van der Waals surface area contributed by atoms with Gasteiger partial charge in [0.05, 0.1) is 0 Å². The summed E-state index contributed by atoms with van der Waals surface area (Å²) in [6.45, 7) is 2.39. The minimum absolute atomic E-state index is 0.0258. The molecule has 1 aliphatic rings. The number of aromatic nitrogens is 1. The summed E-state index contributed by atoms with van der Waals surface area (Å²) >= 11 is 0. The first-order chi connectivity index (χ1) is 15.1. The number of nitrogens with zero attached hydrogens (tertiary/aromatic N) is 1. The highest BCUT2D eigenvalue weighted by Crippen LogP contribution is 2.36. The summed E-state index contributed by atoms with van der Waals surface area (Å²) in [4.78, 5) is 29.6. The fourth-order valence-electron chi connectivity index (χ4n) is 3.99. The van der Waals surface area contributed by atoms with Crippen molar-refractivity contribution in [2.45, 2.75) is 13.5 Å². The highest BCUT2D eigenvalue weighted by Gasteiger charge is 2.26. The van der Waals surface area contributed by atoms with Crippen molar-refractivity contribution in [2.24, 2.45) is 0 Å². The van der Waals surface area contributed by atoms with Crippen molar-refractivity contribution in [1.82, 2.24) is 10.3 Å². The third kappa shape index (κ3) is 3.53. The van der Waals surface area contributed by atoms with Crippen molar-refractivity contribution >= 4 is 11.7 Å². The lowest BCUT2D eigenvalue weighted by Gasteiger charge is -2.08. The molecule has 0 spiro atoms. The van der Waals surface area contributed by atoms with E-state index < -0.39 is 0 Å². The van der Waals surface area contributed by atoms with E-state index in [1.54, 1.807) is 18.3 Å². The lowest BCUT2D eigenvalue weighted by atomic mass is 10.0. The Kier molecular flexibility index (Phi) is 4.68. The van der Waals surface area contributed by atoms with Gasteiger partial charge in [0.1, 0.15) is 0 Å². The van der Waals surface area contributed by atoms with Gasteiger partial charge < -0.3 is 5.32 Å². The molecule has 4 nitrogen and oxygen atoms in total. The van der Waals surface area contributed by atoms with Gasteiger partial charge in [-0.15, -0.1) is 0 Å². The van der Waals surface area contributed by atoms with E-state index >= 15 is 0 Å². The topological polar surface area (TPSA) is 59.1 Å². The van der Waals surface area contributed by atoms with Crippen molar-refractivity contribution in [2.75, 3.05) is 0 Å². The van der Waals surface area contributed by atoms with Crippen LogP contribution in [0.2, 0.25) is 0 Å². The predicted octanol–water partition coefficient (Wildman–Crippen LogP) is 5.20. The molecule has 3 aromatic carbocycles. The van der Waals surface area contributed by atoms with Crippen molar-refractivity contribution in [3.8, 4) is 22.3 Å². The maximum absolute atomic E-state index is 12.7. The van der Waals surface area contributed by atoms with E-state index in [2.05, 4.69) is 10.3 Å². The lowest BCUT2D eigenvalue weighted by Crippen LogP contribution is -2.23. The van der Waals surface area contributed by atoms with E-state index in [0.29, 0.717) is 23.2 Å². The molecule has 1 aliphatic carbocycles. The monoisotopic (exact) mass is 404 g/mol. The Morgan fingerprint density at radius 1 is 0.806 bits per heavy atom. The Morgan fingerprint density at radius 2 is 1.55 bits per heavy atom. The molecule has 1 heterocycles. The molecule has 0 unspecified atom stereocenters. The number of carbonyl (C=O) groups excluding carboxylic acids is 2. The van der Waals surface area contributed by atoms with Gasteiger partial charge in [0.15, 0.2) is 5.78 Å². The van der Waals surface area contributed by atoms with E-state index in [1.165, 1.54) is 0 Å². The smallest absolute Gasteiger partial charge is 0.251 e. The molecule has 4 heteroatoms.